The van der Waals surface area contributed by atoms with Crippen molar-refractivity contribution in [1.29, 1.82) is 0 Å². The second-order valence-electron chi connectivity index (χ2n) is 1.37. The van der Waals surface area contributed by atoms with Crippen molar-refractivity contribution < 1.29 is 4.39 Å². The van der Waals surface area contributed by atoms with E-state index in [0.717, 1.165) is 12.8 Å². The van der Waals surface area contributed by atoms with Gasteiger partial charge in [-0.2, -0.15) is 0 Å². The van der Waals surface area contributed by atoms with Gasteiger partial charge >= 0.3 is 0 Å². The molecule has 0 fully saturated rings. The van der Waals surface area contributed by atoms with Crippen molar-refractivity contribution in [3.8, 4) is 0 Å². The molecule has 0 aromatic rings. The summed E-state index contributed by atoms with van der Waals surface area (Å²) in [5.74, 6) is -0.0463. The highest BCUT2D eigenvalue weighted by Gasteiger charge is 2.00. The summed E-state index contributed by atoms with van der Waals surface area (Å²) in [6.45, 7) is 0. The van der Waals surface area contributed by atoms with Crippen LogP contribution in [0.3, 0.4) is 0 Å². The Labute approximate surface area is 36.7 Å². The van der Waals surface area contributed by atoms with Crippen molar-refractivity contribution in [2.75, 3.05) is 0 Å². The Morgan fingerprint density at radius 1 is 1.50 bits per heavy atom. The summed E-state index contributed by atoms with van der Waals surface area (Å²) in [5.41, 5.74) is 0. The SMILES string of the molecule is FC1=CCC[CH]1. The molecule has 1 rings (SSSR count). The first-order chi connectivity index (χ1) is 2.89. The van der Waals surface area contributed by atoms with Crippen LogP contribution in [0.4, 0.5) is 4.39 Å². The number of allylic oxidation sites excluding steroid dienone is 2. The van der Waals surface area contributed by atoms with Gasteiger partial charge in [-0.15, -0.1) is 0 Å². The Balaban J connectivity index is 2.45. The molecule has 0 saturated carbocycles. The third-order valence-corrected chi connectivity index (χ3v) is 0.845. The average Bonchev–Trinajstić information content (AvgIpc) is 1.86. The van der Waals surface area contributed by atoms with Gasteiger partial charge in [-0.1, -0.05) is 6.08 Å². The Kier molecular flexibility index (Phi) is 0.906. The van der Waals surface area contributed by atoms with Crippen LogP contribution >= 0.6 is 0 Å². The van der Waals surface area contributed by atoms with Crippen molar-refractivity contribution in [3.63, 3.8) is 0 Å². The van der Waals surface area contributed by atoms with Crippen molar-refractivity contribution >= 4 is 0 Å². The lowest BCUT2D eigenvalue weighted by atomic mass is 10.4. The summed E-state index contributed by atoms with van der Waals surface area (Å²) in [7, 11) is 0. The van der Waals surface area contributed by atoms with E-state index in [1.165, 1.54) is 0 Å². The van der Waals surface area contributed by atoms with Crippen LogP contribution in [0.2, 0.25) is 0 Å². The second-order valence-corrected chi connectivity index (χ2v) is 1.37. The normalized spacial score (nSPS) is 21.2. The lowest BCUT2D eigenvalue weighted by Crippen LogP contribution is -1.59. The van der Waals surface area contributed by atoms with Crippen LogP contribution < -0.4 is 0 Å². The van der Waals surface area contributed by atoms with Crippen molar-refractivity contribution in [3.05, 3.63) is 18.3 Å². The maximum atomic E-state index is 11.7. The molecule has 0 unspecified atom stereocenters. The molecule has 6 heavy (non-hydrogen) atoms. The summed E-state index contributed by atoms with van der Waals surface area (Å²) in [5, 5.41) is 0. The van der Waals surface area contributed by atoms with Crippen LogP contribution in [0.25, 0.3) is 0 Å². The van der Waals surface area contributed by atoms with Crippen LogP contribution in [0.1, 0.15) is 12.8 Å². The Bertz CT molecular complexity index is 74.0. The Hall–Kier alpha value is -0.330. The molecule has 0 aromatic carbocycles. The number of rotatable bonds is 0. The zero-order chi connectivity index (χ0) is 4.41. The van der Waals surface area contributed by atoms with Gasteiger partial charge in [-0.3, -0.25) is 0 Å². The highest BCUT2D eigenvalue weighted by molar-refractivity contribution is 5.10. The lowest BCUT2D eigenvalue weighted by Gasteiger charge is -1.74. The van der Waals surface area contributed by atoms with Crippen molar-refractivity contribution in [1.82, 2.24) is 0 Å². The van der Waals surface area contributed by atoms with E-state index in [0.29, 0.717) is 0 Å². The fraction of sp³-hybridized carbons (Fsp3) is 0.400. The van der Waals surface area contributed by atoms with Gasteiger partial charge in [0.2, 0.25) is 0 Å². The number of halogens is 1. The molecule has 0 aromatic heterocycles. The van der Waals surface area contributed by atoms with Gasteiger partial charge < -0.3 is 0 Å². The molecule has 0 bridgehead atoms. The smallest absolute Gasteiger partial charge is 0.0997 e. The predicted molar refractivity (Wildman–Crippen MR) is 22.7 cm³/mol. The first kappa shape index (κ1) is 3.85. The lowest BCUT2D eigenvalue weighted by molar-refractivity contribution is 0.653. The first-order valence-electron chi connectivity index (χ1n) is 2.08. The van der Waals surface area contributed by atoms with Crippen molar-refractivity contribution in [2.24, 2.45) is 0 Å². The van der Waals surface area contributed by atoms with Crippen LogP contribution in [0, 0.1) is 6.42 Å². The molecule has 0 amide bonds. The van der Waals surface area contributed by atoms with Gasteiger partial charge in [0.1, 0.15) is 0 Å². The van der Waals surface area contributed by atoms with Gasteiger partial charge in [0, 0.05) is 6.42 Å². The molecule has 0 aliphatic heterocycles. The number of hydrogen-bond donors (Lipinski definition) is 0. The van der Waals surface area contributed by atoms with Gasteiger partial charge in [0.15, 0.2) is 0 Å². The molecule has 1 aliphatic carbocycles. The molecule has 0 heterocycles. The van der Waals surface area contributed by atoms with E-state index in [2.05, 4.69) is 0 Å². The van der Waals surface area contributed by atoms with Gasteiger partial charge in [0.05, 0.1) is 5.83 Å². The fourth-order valence-corrected chi connectivity index (χ4v) is 0.526. The highest BCUT2D eigenvalue weighted by Crippen LogP contribution is 2.15. The van der Waals surface area contributed by atoms with Crippen LogP contribution in [-0.4, -0.2) is 0 Å². The van der Waals surface area contributed by atoms with Crippen molar-refractivity contribution in [2.45, 2.75) is 12.8 Å². The molecule has 1 aliphatic rings. The molecule has 0 nitrogen and oxygen atoms in total. The topological polar surface area (TPSA) is 0 Å². The molecular weight excluding hydrogens is 79.1 g/mol. The minimum atomic E-state index is -0.0463. The third kappa shape index (κ3) is 0.588. The Morgan fingerprint density at radius 3 is 2.50 bits per heavy atom. The fourth-order valence-electron chi connectivity index (χ4n) is 0.526. The van der Waals surface area contributed by atoms with Crippen LogP contribution in [0.5, 0.6) is 0 Å². The molecule has 0 N–H and O–H groups in total. The minimum Gasteiger partial charge on any atom is -0.212 e. The first-order valence-corrected chi connectivity index (χ1v) is 2.08. The van der Waals surface area contributed by atoms with E-state index < -0.39 is 0 Å². The van der Waals surface area contributed by atoms with Gasteiger partial charge in [-0.05, 0) is 12.8 Å². The van der Waals surface area contributed by atoms with E-state index in [-0.39, 0.29) is 5.83 Å². The Morgan fingerprint density at radius 2 is 2.33 bits per heavy atom. The van der Waals surface area contributed by atoms with Gasteiger partial charge in [0.25, 0.3) is 0 Å². The minimum absolute atomic E-state index is 0.0463. The zero-order valence-electron chi connectivity index (χ0n) is 3.45. The molecule has 0 saturated heterocycles. The molecule has 33 valence electrons. The predicted octanol–water partition coefficient (Wildman–Crippen LogP) is 1.84. The van der Waals surface area contributed by atoms with E-state index in [1.54, 1.807) is 12.5 Å². The quantitative estimate of drug-likeness (QED) is 0.421. The highest BCUT2D eigenvalue weighted by atomic mass is 19.1. The molecule has 0 atom stereocenters. The maximum absolute atomic E-state index is 11.7. The summed E-state index contributed by atoms with van der Waals surface area (Å²) in [6.07, 6.45) is 4.98. The summed E-state index contributed by atoms with van der Waals surface area (Å²) in [6, 6.07) is 0. The average molecular weight is 85.1 g/mol. The second kappa shape index (κ2) is 1.41. The summed E-state index contributed by atoms with van der Waals surface area (Å²) < 4.78 is 11.7. The number of hydrogen-bond acceptors (Lipinski definition) is 0. The van der Waals surface area contributed by atoms with Gasteiger partial charge in [-0.25, -0.2) is 4.39 Å². The van der Waals surface area contributed by atoms with E-state index >= 15 is 0 Å². The zero-order valence-corrected chi connectivity index (χ0v) is 3.45. The third-order valence-electron chi connectivity index (χ3n) is 0.845. The van der Waals surface area contributed by atoms with E-state index in [9.17, 15) is 4.39 Å². The summed E-state index contributed by atoms with van der Waals surface area (Å²) in [4.78, 5) is 0. The van der Waals surface area contributed by atoms with Crippen LogP contribution in [0.15, 0.2) is 11.9 Å². The van der Waals surface area contributed by atoms with E-state index in [4.69, 9.17) is 0 Å². The molecular formula is C5H6F. The standard InChI is InChI=1S/C5H6F/c6-5-3-1-2-4-5/h3-4H,1-2H2. The summed E-state index contributed by atoms with van der Waals surface area (Å²) >= 11 is 0. The largest absolute Gasteiger partial charge is 0.212 e. The van der Waals surface area contributed by atoms with Crippen LogP contribution in [-0.2, 0) is 0 Å². The molecule has 1 radical (unpaired) electrons. The molecule has 1 heteroatoms. The molecule has 0 spiro atoms. The maximum Gasteiger partial charge on any atom is 0.0997 e. The van der Waals surface area contributed by atoms with E-state index in [1.807, 2.05) is 0 Å². The monoisotopic (exact) mass is 85.0 g/mol.